The Hall–Kier alpha value is -2.40. The third-order valence-corrected chi connectivity index (χ3v) is 3.77. The summed E-state index contributed by atoms with van der Waals surface area (Å²) in [6.45, 7) is 0. The van der Waals surface area contributed by atoms with Crippen LogP contribution in [0, 0.1) is 0 Å². The Labute approximate surface area is 113 Å². The van der Waals surface area contributed by atoms with Gasteiger partial charge in [0.2, 0.25) is 0 Å². The molecule has 2 heterocycles. The van der Waals surface area contributed by atoms with E-state index in [4.69, 9.17) is 5.11 Å². The van der Waals surface area contributed by atoms with Gasteiger partial charge < -0.3 is 10.1 Å². The van der Waals surface area contributed by atoms with E-state index in [0.717, 1.165) is 16.8 Å². The molecule has 94 valence electrons. The van der Waals surface area contributed by atoms with Crippen molar-refractivity contribution in [3.05, 3.63) is 53.7 Å². The fraction of sp³-hybridized carbons (Fsp3) is 0. The van der Waals surface area contributed by atoms with Crippen molar-refractivity contribution in [1.82, 2.24) is 9.97 Å². The van der Waals surface area contributed by atoms with Crippen LogP contribution in [-0.2, 0) is 0 Å². The minimum Gasteiger partial charge on any atom is -0.477 e. The van der Waals surface area contributed by atoms with Crippen molar-refractivity contribution < 1.29 is 9.90 Å². The molecule has 0 aliphatic carbocycles. The second-order valence-electron chi connectivity index (χ2n) is 4.00. The Kier molecular flexibility index (Phi) is 2.89. The summed E-state index contributed by atoms with van der Waals surface area (Å²) in [6.07, 6.45) is 3.26. The van der Waals surface area contributed by atoms with E-state index in [0.29, 0.717) is 5.01 Å². The number of nitrogens with zero attached hydrogens (tertiary/aromatic N) is 1. The molecule has 0 aliphatic rings. The topological polar surface area (TPSA) is 66.0 Å². The standard InChI is InChI=1S/C14H10N2O2S/c17-14(18)12-8-16-13(19-12)10-4-1-3-9(7-10)11-5-2-6-15-11/h1-8,15H,(H,17,18). The monoisotopic (exact) mass is 270 g/mol. The number of carbonyl (C=O) groups is 1. The lowest BCUT2D eigenvalue weighted by Gasteiger charge is -2.01. The molecule has 0 amide bonds. The molecular weight excluding hydrogens is 260 g/mol. The molecule has 3 aromatic rings. The van der Waals surface area contributed by atoms with E-state index in [1.807, 2.05) is 42.6 Å². The molecule has 19 heavy (non-hydrogen) atoms. The average Bonchev–Trinajstić information content (AvgIpc) is 3.10. The van der Waals surface area contributed by atoms with Crippen LogP contribution in [0.5, 0.6) is 0 Å². The van der Waals surface area contributed by atoms with Crippen molar-refractivity contribution in [2.45, 2.75) is 0 Å². The highest BCUT2D eigenvalue weighted by Gasteiger charge is 2.10. The Morgan fingerprint density at radius 2 is 2.05 bits per heavy atom. The van der Waals surface area contributed by atoms with Crippen LogP contribution in [0.2, 0.25) is 0 Å². The van der Waals surface area contributed by atoms with Gasteiger partial charge in [-0.2, -0.15) is 0 Å². The number of nitrogens with one attached hydrogen (secondary N) is 1. The zero-order valence-corrected chi connectivity index (χ0v) is 10.6. The number of hydrogen-bond acceptors (Lipinski definition) is 3. The number of H-pyrrole nitrogens is 1. The fourth-order valence-corrected chi connectivity index (χ4v) is 2.59. The Morgan fingerprint density at radius 1 is 1.21 bits per heavy atom. The van der Waals surface area contributed by atoms with Crippen molar-refractivity contribution in [3.63, 3.8) is 0 Å². The first kappa shape index (κ1) is 11.7. The molecule has 4 nitrogen and oxygen atoms in total. The van der Waals surface area contributed by atoms with Crippen LogP contribution >= 0.6 is 11.3 Å². The molecule has 0 saturated carbocycles. The van der Waals surface area contributed by atoms with Gasteiger partial charge in [-0.3, -0.25) is 0 Å². The summed E-state index contributed by atoms with van der Waals surface area (Å²) in [6, 6.07) is 11.8. The predicted molar refractivity (Wildman–Crippen MR) is 74.3 cm³/mol. The predicted octanol–water partition coefficient (Wildman–Crippen LogP) is 3.50. The number of aromatic amines is 1. The number of hydrogen-bond donors (Lipinski definition) is 2. The molecule has 0 radical (unpaired) electrons. The maximum Gasteiger partial charge on any atom is 0.347 e. The first-order valence-corrected chi connectivity index (χ1v) is 6.49. The first-order valence-electron chi connectivity index (χ1n) is 5.67. The summed E-state index contributed by atoms with van der Waals surface area (Å²) >= 11 is 1.18. The molecule has 0 aliphatic heterocycles. The summed E-state index contributed by atoms with van der Waals surface area (Å²) in [5, 5.41) is 9.63. The summed E-state index contributed by atoms with van der Waals surface area (Å²) < 4.78 is 0. The van der Waals surface area contributed by atoms with Gasteiger partial charge in [-0.05, 0) is 23.8 Å². The Morgan fingerprint density at radius 3 is 2.74 bits per heavy atom. The van der Waals surface area contributed by atoms with Gasteiger partial charge in [0.05, 0.1) is 6.20 Å². The highest BCUT2D eigenvalue weighted by atomic mass is 32.1. The van der Waals surface area contributed by atoms with E-state index < -0.39 is 5.97 Å². The Bertz CT molecular complexity index is 717. The maximum absolute atomic E-state index is 10.9. The largest absolute Gasteiger partial charge is 0.477 e. The summed E-state index contributed by atoms with van der Waals surface area (Å²) in [7, 11) is 0. The molecule has 0 saturated heterocycles. The molecule has 0 atom stereocenters. The third-order valence-electron chi connectivity index (χ3n) is 2.73. The molecular formula is C14H10N2O2S. The van der Waals surface area contributed by atoms with Gasteiger partial charge in [-0.1, -0.05) is 18.2 Å². The van der Waals surface area contributed by atoms with Gasteiger partial charge >= 0.3 is 5.97 Å². The van der Waals surface area contributed by atoms with Crippen LogP contribution in [-0.4, -0.2) is 21.0 Å². The molecule has 3 rings (SSSR count). The highest BCUT2D eigenvalue weighted by molar-refractivity contribution is 7.16. The molecule has 2 aromatic heterocycles. The van der Waals surface area contributed by atoms with Gasteiger partial charge in [-0.25, -0.2) is 9.78 Å². The van der Waals surface area contributed by atoms with Crippen molar-refractivity contribution >= 4 is 17.3 Å². The summed E-state index contributed by atoms with van der Waals surface area (Å²) in [4.78, 5) is 18.4. The zero-order chi connectivity index (χ0) is 13.2. The van der Waals surface area contributed by atoms with E-state index >= 15 is 0 Å². The van der Waals surface area contributed by atoms with Crippen molar-refractivity contribution in [2.75, 3.05) is 0 Å². The van der Waals surface area contributed by atoms with E-state index in [9.17, 15) is 4.79 Å². The smallest absolute Gasteiger partial charge is 0.347 e. The number of carboxylic acids is 1. The van der Waals surface area contributed by atoms with E-state index in [2.05, 4.69) is 9.97 Å². The van der Waals surface area contributed by atoms with Crippen LogP contribution in [0.25, 0.3) is 21.8 Å². The van der Waals surface area contributed by atoms with Crippen LogP contribution in [0.4, 0.5) is 0 Å². The quantitative estimate of drug-likeness (QED) is 0.765. The number of rotatable bonds is 3. The van der Waals surface area contributed by atoms with Gasteiger partial charge in [0.1, 0.15) is 9.88 Å². The summed E-state index contributed by atoms with van der Waals surface area (Å²) in [5.41, 5.74) is 3.00. The van der Waals surface area contributed by atoms with Crippen LogP contribution < -0.4 is 0 Å². The molecule has 0 bridgehead atoms. The zero-order valence-electron chi connectivity index (χ0n) is 9.83. The number of aromatic nitrogens is 2. The van der Waals surface area contributed by atoms with Gasteiger partial charge in [-0.15, -0.1) is 11.3 Å². The average molecular weight is 270 g/mol. The molecule has 5 heteroatoms. The first-order chi connectivity index (χ1) is 9.24. The van der Waals surface area contributed by atoms with Crippen LogP contribution in [0.3, 0.4) is 0 Å². The second kappa shape index (κ2) is 4.70. The lowest BCUT2D eigenvalue weighted by Crippen LogP contribution is -1.89. The maximum atomic E-state index is 10.9. The van der Waals surface area contributed by atoms with Crippen LogP contribution in [0.1, 0.15) is 9.67 Å². The number of carboxylic acid groups (broad SMARTS) is 1. The van der Waals surface area contributed by atoms with Gasteiger partial charge in [0.25, 0.3) is 0 Å². The number of aromatic carboxylic acids is 1. The SMILES string of the molecule is O=C(O)c1cnc(-c2cccc(-c3ccc[nH]3)c2)s1. The Balaban J connectivity index is 2.01. The fourth-order valence-electron chi connectivity index (χ4n) is 1.84. The third kappa shape index (κ3) is 2.28. The van der Waals surface area contributed by atoms with E-state index in [1.165, 1.54) is 17.5 Å². The van der Waals surface area contributed by atoms with Crippen molar-refractivity contribution in [3.8, 4) is 21.8 Å². The number of benzene rings is 1. The normalized spacial score (nSPS) is 10.5. The summed E-state index contributed by atoms with van der Waals surface area (Å²) in [5.74, 6) is -0.940. The van der Waals surface area contributed by atoms with Crippen molar-refractivity contribution in [1.29, 1.82) is 0 Å². The molecule has 0 fully saturated rings. The highest BCUT2D eigenvalue weighted by Crippen LogP contribution is 2.28. The van der Waals surface area contributed by atoms with Gasteiger partial charge in [0, 0.05) is 17.5 Å². The lowest BCUT2D eigenvalue weighted by atomic mass is 10.1. The van der Waals surface area contributed by atoms with E-state index in [1.54, 1.807) is 0 Å². The molecule has 1 aromatic carbocycles. The molecule has 2 N–H and O–H groups in total. The minimum atomic E-state index is -0.940. The number of thiazole rings is 1. The van der Waals surface area contributed by atoms with E-state index in [-0.39, 0.29) is 4.88 Å². The second-order valence-corrected chi connectivity index (χ2v) is 5.03. The van der Waals surface area contributed by atoms with Crippen LogP contribution in [0.15, 0.2) is 48.8 Å². The molecule has 0 spiro atoms. The van der Waals surface area contributed by atoms with Gasteiger partial charge in [0.15, 0.2) is 0 Å². The lowest BCUT2D eigenvalue weighted by molar-refractivity contribution is 0.0702. The van der Waals surface area contributed by atoms with Crippen molar-refractivity contribution in [2.24, 2.45) is 0 Å². The molecule has 0 unspecified atom stereocenters. The minimum absolute atomic E-state index is 0.250.